The Morgan fingerprint density at radius 3 is 2.58 bits per heavy atom. The van der Waals surface area contributed by atoms with E-state index in [1.165, 1.54) is 25.7 Å². The van der Waals surface area contributed by atoms with Crippen LogP contribution in [-0.4, -0.2) is 72.4 Å². The molecule has 1 unspecified atom stereocenters. The summed E-state index contributed by atoms with van der Waals surface area (Å²) in [4.78, 5) is 20.5. The molecule has 2 rings (SSSR count). The Kier molecular flexibility index (Phi) is 9.77. The Morgan fingerprint density at radius 1 is 1.33 bits per heavy atom. The molecule has 0 aromatic carbocycles. The van der Waals surface area contributed by atoms with Crippen molar-refractivity contribution in [3.05, 3.63) is 0 Å². The molecule has 0 spiro atoms. The van der Waals surface area contributed by atoms with Gasteiger partial charge in [0.2, 0.25) is 5.91 Å². The first-order chi connectivity index (χ1) is 11.0. The number of amides is 1. The molecule has 7 heteroatoms. The zero-order valence-corrected chi connectivity index (χ0v) is 18.6. The summed E-state index contributed by atoms with van der Waals surface area (Å²) in [5.41, 5.74) is 0. The third-order valence-electron chi connectivity index (χ3n) is 4.69. The van der Waals surface area contributed by atoms with E-state index in [0.717, 1.165) is 24.8 Å². The number of aliphatic imine (C=N–C) groups is 1. The number of halogens is 1. The van der Waals surface area contributed by atoms with E-state index in [1.807, 2.05) is 0 Å². The molecule has 1 heterocycles. The predicted octanol–water partition coefficient (Wildman–Crippen LogP) is 2.65. The SMILES string of the molecule is CC(C)C1CN(C(=NCC(=O)N(C)C)NC2CCCC2)CCS1.I. The average Bonchev–Trinajstić information content (AvgIpc) is 3.04. The number of nitrogens with one attached hydrogen (secondary N) is 1. The fraction of sp³-hybridized carbons (Fsp3) is 0.882. The highest BCUT2D eigenvalue weighted by molar-refractivity contribution is 14.0. The van der Waals surface area contributed by atoms with Crippen LogP contribution in [0.1, 0.15) is 39.5 Å². The molecule has 0 bridgehead atoms. The second-order valence-corrected chi connectivity index (χ2v) is 8.50. The van der Waals surface area contributed by atoms with Gasteiger partial charge in [0.15, 0.2) is 5.96 Å². The van der Waals surface area contributed by atoms with Gasteiger partial charge in [0, 0.05) is 44.2 Å². The number of likely N-dealkylation sites (N-methyl/N-ethyl adjacent to an activating group) is 1. The number of guanidine groups is 1. The first-order valence-corrected chi connectivity index (χ1v) is 9.90. The molecule has 2 aliphatic rings. The van der Waals surface area contributed by atoms with E-state index in [0.29, 0.717) is 17.2 Å². The summed E-state index contributed by atoms with van der Waals surface area (Å²) in [6, 6.07) is 0.523. The molecule has 1 aliphatic carbocycles. The van der Waals surface area contributed by atoms with Crippen LogP contribution in [0, 0.1) is 5.92 Å². The van der Waals surface area contributed by atoms with Gasteiger partial charge in [-0.2, -0.15) is 11.8 Å². The molecule has 1 saturated heterocycles. The molecule has 1 saturated carbocycles. The molecule has 1 aliphatic heterocycles. The molecule has 2 fully saturated rings. The molecule has 24 heavy (non-hydrogen) atoms. The van der Waals surface area contributed by atoms with E-state index in [9.17, 15) is 4.79 Å². The van der Waals surface area contributed by atoms with E-state index in [4.69, 9.17) is 0 Å². The zero-order chi connectivity index (χ0) is 16.8. The van der Waals surface area contributed by atoms with E-state index in [-0.39, 0.29) is 36.4 Å². The zero-order valence-electron chi connectivity index (χ0n) is 15.5. The summed E-state index contributed by atoms with van der Waals surface area (Å²) in [5.74, 6) is 2.80. The van der Waals surface area contributed by atoms with Gasteiger partial charge < -0.3 is 15.1 Å². The lowest BCUT2D eigenvalue weighted by atomic mass is 10.1. The highest BCUT2D eigenvalue weighted by Gasteiger charge is 2.27. The third kappa shape index (κ3) is 6.61. The minimum atomic E-state index is 0. The van der Waals surface area contributed by atoms with E-state index < -0.39 is 0 Å². The lowest BCUT2D eigenvalue weighted by Crippen LogP contribution is -2.51. The number of hydrogen-bond donors (Lipinski definition) is 1. The molecular formula is C17H33IN4OS. The molecule has 0 aromatic rings. The van der Waals surface area contributed by atoms with Crippen molar-refractivity contribution in [2.45, 2.75) is 50.8 Å². The van der Waals surface area contributed by atoms with Crippen molar-refractivity contribution in [2.75, 3.05) is 39.5 Å². The van der Waals surface area contributed by atoms with Crippen molar-refractivity contribution in [1.29, 1.82) is 0 Å². The number of carbonyl (C=O) groups excluding carboxylic acids is 1. The van der Waals surface area contributed by atoms with Gasteiger partial charge in [0.25, 0.3) is 0 Å². The number of nitrogens with zero attached hydrogens (tertiary/aromatic N) is 3. The van der Waals surface area contributed by atoms with Crippen molar-refractivity contribution in [3.63, 3.8) is 0 Å². The smallest absolute Gasteiger partial charge is 0.243 e. The van der Waals surface area contributed by atoms with Gasteiger partial charge in [-0.15, -0.1) is 24.0 Å². The van der Waals surface area contributed by atoms with E-state index in [2.05, 4.69) is 40.8 Å². The van der Waals surface area contributed by atoms with Gasteiger partial charge in [-0.25, -0.2) is 4.99 Å². The number of thioether (sulfide) groups is 1. The second kappa shape index (κ2) is 10.7. The summed E-state index contributed by atoms with van der Waals surface area (Å²) in [7, 11) is 3.57. The van der Waals surface area contributed by atoms with Crippen LogP contribution in [0.3, 0.4) is 0 Å². The summed E-state index contributed by atoms with van der Waals surface area (Å²) >= 11 is 2.06. The fourth-order valence-corrected chi connectivity index (χ4v) is 4.34. The third-order valence-corrected chi connectivity index (χ3v) is 6.23. The van der Waals surface area contributed by atoms with Crippen LogP contribution in [0.25, 0.3) is 0 Å². The first-order valence-electron chi connectivity index (χ1n) is 8.85. The standard InChI is InChI=1S/C17H32N4OS.HI/c1-13(2)15-12-21(9-10-23-15)17(18-11-16(22)20(3)4)19-14-7-5-6-8-14;/h13-15H,5-12H2,1-4H3,(H,18,19);1H. The maximum Gasteiger partial charge on any atom is 0.243 e. The molecular weight excluding hydrogens is 435 g/mol. The van der Waals surface area contributed by atoms with Crippen molar-refractivity contribution in [2.24, 2.45) is 10.9 Å². The van der Waals surface area contributed by atoms with Gasteiger partial charge in [-0.3, -0.25) is 4.79 Å². The van der Waals surface area contributed by atoms with Gasteiger partial charge in [-0.1, -0.05) is 26.7 Å². The maximum absolute atomic E-state index is 11.9. The quantitative estimate of drug-likeness (QED) is 0.392. The summed E-state index contributed by atoms with van der Waals surface area (Å²) in [5, 5.41) is 4.28. The summed E-state index contributed by atoms with van der Waals surface area (Å²) in [6.45, 7) is 6.85. The Morgan fingerprint density at radius 2 is 2.00 bits per heavy atom. The van der Waals surface area contributed by atoms with Crippen LogP contribution in [-0.2, 0) is 4.79 Å². The first kappa shape index (κ1) is 21.9. The summed E-state index contributed by atoms with van der Waals surface area (Å²) < 4.78 is 0. The minimum Gasteiger partial charge on any atom is -0.353 e. The number of carbonyl (C=O) groups is 1. The highest BCUT2D eigenvalue weighted by atomic mass is 127. The van der Waals surface area contributed by atoms with Crippen molar-refractivity contribution >= 4 is 47.6 Å². The number of hydrogen-bond acceptors (Lipinski definition) is 3. The van der Waals surface area contributed by atoms with Crippen molar-refractivity contribution in [1.82, 2.24) is 15.1 Å². The molecule has 140 valence electrons. The van der Waals surface area contributed by atoms with Crippen LogP contribution < -0.4 is 5.32 Å². The Balaban J connectivity index is 0.00000288. The van der Waals surface area contributed by atoms with Crippen molar-refractivity contribution in [3.8, 4) is 0 Å². The average molecular weight is 468 g/mol. The molecule has 0 aromatic heterocycles. The molecule has 5 nitrogen and oxygen atoms in total. The van der Waals surface area contributed by atoms with Gasteiger partial charge in [-0.05, 0) is 18.8 Å². The van der Waals surface area contributed by atoms with Crippen LogP contribution in [0.4, 0.5) is 0 Å². The van der Waals surface area contributed by atoms with Gasteiger partial charge in [0.05, 0.1) is 0 Å². The van der Waals surface area contributed by atoms with Crippen LogP contribution in [0.5, 0.6) is 0 Å². The monoisotopic (exact) mass is 468 g/mol. The predicted molar refractivity (Wildman–Crippen MR) is 114 cm³/mol. The Hall–Kier alpha value is -0.180. The number of rotatable bonds is 4. The highest BCUT2D eigenvalue weighted by Crippen LogP contribution is 2.25. The molecule has 1 amide bonds. The Labute approximate surface area is 168 Å². The fourth-order valence-electron chi connectivity index (χ4n) is 3.04. The van der Waals surface area contributed by atoms with Gasteiger partial charge in [0.1, 0.15) is 6.54 Å². The lowest BCUT2D eigenvalue weighted by Gasteiger charge is -2.37. The van der Waals surface area contributed by atoms with Crippen LogP contribution >= 0.6 is 35.7 Å². The minimum absolute atomic E-state index is 0. The van der Waals surface area contributed by atoms with E-state index in [1.54, 1.807) is 19.0 Å². The van der Waals surface area contributed by atoms with Crippen LogP contribution in [0.15, 0.2) is 4.99 Å². The Bertz CT molecular complexity index is 425. The second-order valence-electron chi connectivity index (χ2n) is 7.15. The van der Waals surface area contributed by atoms with E-state index >= 15 is 0 Å². The topological polar surface area (TPSA) is 47.9 Å². The molecule has 1 atom stereocenters. The lowest BCUT2D eigenvalue weighted by molar-refractivity contribution is -0.127. The van der Waals surface area contributed by atoms with Crippen molar-refractivity contribution < 1.29 is 4.79 Å². The van der Waals surface area contributed by atoms with Gasteiger partial charge >= 0.3 is 0 Å². The van der Waals surface area contributed by atoms with Crippen LogP contribution in [0.2, 0.25) is 0 Å². The maximum atomic E-state index is 11.9. The molecule has 1 N–H and O–H groups in total. The normalized spacial score (nSPS) is 22.5. The largest absolute Gasteiger partial charge is 0.353 e. The summed E-state index contributed by atoms with van der Waals surface area (Å²) in [6.07, 6.45) is 5.03. The molecule has 0 radical (unpaired) electrons.